The fraction of sp³-hybridized carbons (Fsp3) is 0.900. The normalized spacial score (nSPS) is 20.3. The Hall–Kier alpha value is -0.120. The van der Waals surface area contributed by atoms with Crippen LogP contribution in [0, 0.1) is 0 Å². The van der Waals surface area contributed by atoms with Crippen LogP contribution in [0.4, 0.5) is 0 Å². The average Bonchev–Trinajstić information content (AvgIpc) is 2.15. The molecule has 1 aliphatic heterocycles. The number of piperidine rings is 1. The van der Waals surface area contributed by atoms with E-state index < -0.39 is 0 Å². The molecular formula is C10H19ClN2O. The van der Waals surface area contributed by atoms with Crippen molar-refractivity contribution in [2.24, 2.45) is 0 Å². The first-order chi connectivity index (χ1) is 6.59. The van der Waals surface area contributed by atoms with Crippen molar-refractivity contribution in [3.05, 3.63) is 0 Å². The molecule has 0 amide bonds. The van der Waals surface area contributed by atoms with E-state index in [2.05, 4.69) is 23.9 Å². The molecule has 0 aromatic rings. The van der Waals surface area contributed by atoms with Crippen LogP contribution >= 0.6 is 11.6 Å². The van der Waals surface area contributed by atoms with Gasteiger partial charge in [0.2, 0.25) is 5.24 Å². The van der Waals surface area contributed by atoms with Crippen LogP contribution in [0.5, 0.6) is 0 Å². The minimum atomic E-state index is -0.232. The van der Waals surface area contributed by atoms with Crippen molar-refractivity contribution in [2.75, 3.05) is 33.7 Å². The van der Waals surface area contributed by atoms with E-state index in [1.54, 1.807) is 0 Å². The van der Waals surface area contributed by atoms with E-state index in [-0.39, 0.29) is 5.24 Å². The summed E-state index contributed by atoms with van der Waals surface area (Å²) in [4.78, 5) is 15.2. The highest BCUT2D eigenvalue weighted by molar-refractivity contribution is 6.63. The van der Waals surface area contributed by atoms with Gasteiger partial charge < -0.3 is 9.80 Å². The molecule has 0 aromatic heterocycles. The van der Waals surface area contributed by atoms with Crippen LogP contribution in [0.3, 0.4) is 0 Å². The first-order valence-corrected chi connectivity index (χ1v) is 5.54. The first kappa shape index (κ1) is 12.0. The molecule has 1 saturated heterocycles. The molecular weight excluding hydrogens is 200 g/mol. The van der Waals surface area contributed by atoms with Crippen LogP contribution in [-0.4, -0.2) is 54.8 Å². The summed E-state index contributed by atoms with van der Waals surface area (Å²) < 4.78 is 0. The fourth-order valence-corrected chi connectivity index (χ4v) is 1.97. The number of carbonyl (C=O) groups excluding carboxylic acids is 1. The van der Waals surface area contributed by atoms with Crippen LogP contribution < -0.4 is 0 Å². The van der Waals surface area contributed by atoms with E-state index >= 15 is 0 Å². The third-order valence-electron chi connectivity index (χ3n) is 2.97. The molecule has 0 bridgehead atoms. The van der Waals surface area contributed by atoms with Gasteiger partial charge in [0.25, 0.3) is 0 Å². The zero-order valence-corrected chi connectivity index (χ0v) is 9.76. The molecule has 4 heteroatoms. The van der Waals surface area contributed by atoms with Gasteiger partial charge in [-0.2, -0.15) is 0 Å². The molecule has 14 heavy (non-hydrogen) atoms. The SMILES string of the molecule is CN1CCC(N(C)CCC(=O)Cl)CC1. The predicted molar refractivity (Wildman–Crippen MR) is 58.6 cm³/mol. The lowest BCUT2D eigenvalue weighted by Gasteiger charge is -2.34. The zero-order chi connectivity index (χ0) is 10.6. The Morgan fingerprint density at radius 2 is 2.07 bits per heavy atom. The van der Waals surface area contributed by atoms with Gasteiger partial charge in [0, 0.05) is 19.0 Å². The van der Waals surface area contributed by atoms with Gasteiger partial charge in [0.1, 0.15) is 0 Å². The topological polar surface area (TPSA) is 23.6 Å². The highest BCUT2D eigenvalue weighted by Crippen LogP contribution is 2.14. The number of carbonyl (C=O) groups is 1. The van der Waals surface area contributed by atoms with Crippen molar-refractivity contribution in [3.63, 3.8) is 0 Å². The maximum Gasteiger partial charge on any atom is 0.222 e. The molecule has 1 aliphatic rings. The average molecular weight is 219 g/mol. The molecule has 82 valence electrons. The zero-order valence-electron chi connectivity index (χ0n) is 9.00. The lowest BCUT2D eigenvalue weighted by Crippen LogP contribution is -2.42. The van der Waals surface area contributed by atoms with Gasteiger partial charge in [-0.1, -0.05) is 0 Å². The third-order valence-corrected chi connectivity index (χ3v) is 3.16. The van der Waals surface area contributed by atoms with Crippen LogP contribution in [0.15, 0.2) is 0 Å². The summed E-state index contributed by atoms with van der Waals surface area (Å²) in [5.74, 6) is 0. The Morgan fingerprint density at radius 1 is 1.50 bits per heavy atom. The van der Waals surface area contributed by atoms with Crippen molar-refractivity contribution in [1.29, 1.82) is 0 Å². The molecule has 3 nitrogen and oxygen atoms in total. The summed E-state index contributed by atoms with van der Waals surface area (Å²) in [6.07, 6.45) is 2.86. The molecule has 0 radical (unpaired) electrons. The molecule has 0 atom stereocenters. The quantitative estimate of drug-likeness (QED) is 0.662. The third kappa shape index (κ3) is 3.95. The Kier molecular flexibility index (Phi) is 4.85. The summed E-state index contributed by atoms with van der Waals surface area (Å²) in [5.41, 5.74) is 0. The van der Waals surface area contributed by atoms with Crippen molar-refractivity contribution in [1.82, 2.24) is 9.80 Å². The molecule has 0 saturated carbocycles. The predicted octanol–water partition coefficient (Wildman–Crippen LogP) is 1.17. The summed E-state index contributed by atoms with van der Waals surface area (Å²) in [6, 6.07) is 0.627. The van der Waals surface area contributed by atoms with Crippen molar-refractivity contribution in [3.8, 4) is 0 Å². The Labute approximate surface area is 91.0 Å². The second kappa shape index (κ2) is 5.69. The van der Waals surface area contributed by atoms with E-state index in [0.29, 0.717) is 12.5 Å². The molecule has 0 unspecified atom stereocenters. The molecule has 1 rings (SSSR count). The molecule has 0 N–H and O–H groups in total. The number of halogens is 1. The summed E-state index contributed by atoms with van der Waals surface area (Å²) in [7, 11) is 4.23. The van der Waals surface area contributed by atoms with Crippen LogP contribution in [0.1, 0.15) is 19.3 Å². The summed E-state index contributed by atoms with van der Waals surface area (Å²) >= 11 is 5.31. The Morgan fingerprint density at radius 3 is 2.57 bits per heavy atom. The summed E-state index contributed by atoms with van der Waals surface area (Å²) in [6.45, 7) is 3.10. The minimum absolute atomic E-state index is 0.232. The number of likely N-dealkylation sites (tertiary alicyclic amines) is 1. The molecule has 0 aromatic carbocycles. The van der Waals surface area contributed by atoms with E-state index in [9.17, 15) is 4.79 Å². The molecule has 0 aliphatic carbocycles. The number of rotatable bonds is 4. The Balaban J connectivity index is 2.23. The van der Waals surface area contributed by atoms with Crippen LogP contribution in [-0.2, 0) is 4.79 Å². The largest absolute Gasteiger partial charge is 0.306 e. The van der Waals surface area contributed by atoms with Crippen LogP contribution in [0.2, 0.25) is 0 Å². The van der Waals surface area contributed by atoms with E-state index in [1.165, 1.54) is 12.8 Å². The smallest absolute Gasteiger partial charge is 0.222 e. The maximum atomic E-state index is 10.6. The van der Waals surface area contributed by atoms with Gasteiger partial charge in [0.15, 0.2) is 0 Å². The second-order valence-corrected chi connectivity index (χ2v) is 4.54. The van der Waals surface area contributed by atoms with Gasteiger partial charge in [-0.3, -0.25) is 4.79 Å². The van der Waals surface area contributed by atoms with E-state index in [4.69, 9.17) is 11.6 Å². The van der Waals surface area contributed by atoms with Gasteiger partial charge in [-0.25, -0.2) is 0 Å². The number of nitrogens with zero attached hydrogens (tertiary/aromatic N) is 2. The highest BCUT2D eigenvalue weighted by atomic mass is 35.5. The molecule has 1 heterocycles. The highest BCUT2D eigenvalue weighted by Gasteiger charge is 2.20. The lowest BCUT2D eigenvalue weighted by atomic mass is 10.0. The fourth-order valence-electron chi connectivity index (χ4n) is 1.88. The van der Waals surface area contributed by atoms with Gasteiger partial charge >= 0.3 is 0 Å². The maximum absolute atomic E-state index is 10.6. The van der Waals surface area contributed by atoms with Gasteiger partial charge in [-0.05, 0) is 51.6 Å². The van der Waals surface area contributed by atoms with E-state index in [1.807, 2.05) is 0 Å². The molecule has 1 fully saturated rings. The lowest BCUT2D eigenvalue weighted by molar-refractivity contribution is -0.112. The second-order valence-electron chi connectivity index (χ2n) is 4.12. The number of hydrogen-bond acceptors (Lipinski definition) is 3. The Bertz CT molecular complexity index is 191. The minimum Gasteiger partial charge on any atom is -0.306 e. The van der Waals surface area contributed by atoms with Crippen molar-refractivity contribution in [2.45, 2.75) is 25.3 Å². The van der Waals surface area contributed by atoms with Gasteiger partial charge in [0.05, 0.1) is 0 Å². The van der Waals surface area contributed by atoms with Crippen molar-refractivity contribution < 1.29 is 4.79 Å². The monoisotopic (exact) mass is 218 g/mol. The van der Waals surface area contributed by atoms with E-state index in [0.717, 1.165) is 19.6 Å². The molecule has 0 spiro atoms. The standard InChI is InChI=1S/C10H19ClN2O/c1-12-6-3-9(4-7-12)13(2)8-5-10(11)14/h9H,3-8H2,1-2H3. The van der Waals surface area contributed by atoms with Crippen molar-refractivity contribution >= 4 is 16.8 Å². The number of hydrogen-bond donors (Lipinski definition) is 0. The van der Waals surface area contributed by atoms with Gasteiger partial charge in [-0.15, -0.1) is 0 Å². The first-order valence-electron chi connectivity index (χ1n) is 5.16. The summed E-state index contributed by atoms with van der Waals surface area (Å²) in [5, 5.41) is -0.232. The van der Waals surface area contributed by atoms with Crippen LogP contribution in [0.25, 0.3) is 0 Å².